The summed E-state index contributed by atoms with van der Waals surface area (Å²) in [5.74, 6) is 2.67. The van der Waals surface area contributed by atoms with Crippen molar-refractivity contribution in [2.45, 2.75) is 13.3 Å². The van der Waals surface area contributed by atoms with Crippen molar-refractivity contribution in [1.29, 1.82) is 0 Å². The summed E-state index contributed by atoms with van der Waals surface area (Å²) in [7, 11) is 0. The van der Waals surface area contributed by atoms with Crippen molar-refractivity contribution in [3.63, 3.8) is 0 Å². The second-order valence-corrected chi connectivity index (χ2v) is 1.81. The molecule has 0 saturated carbocycles. The van der Waals surface area contributed by atoms with Crippen molar-refractivity contribution in [2.24, 2.45) is 5.92 Å². The largest absolute Gasteiger partial charge is 0.396 e. The molecule has 0 spiro atoms. The molecule has 1 nitrogen and oxygen atoms in total. The van der Waals surface area contributed by atoms with Crippen molar-refractivity contribution in [3.8, 4) is 12.3 Å². The molecule has 0 rings (SSSR count). The van der Waals surface area contributed by atoms with E-state index in [4.69, 9.17) is 11.5 Å². The molecule has 0 aromatic rings. The van der Waals surface area contributed by atoms with Gasteiger partial charge < -0.3 is 5.11 Å². The van der Waals surface area contributed by atoms with Crippen LogP contribution in [0.25, 0.3) is 0 Å². The molecule has 1 heteroatoms. The summed E-state index contributed by atoms with van der Waals surface area (Å²) < 4.78 is 0. The molecule has 0 radical (unpaired) electrons. The Kier molecular flexibility index (Phi) is 4.95. The highest BCUT2D eigenvalue weighted by Gasteiger charge is 1.95. The van der Waals surface area contributed by atoms with Gasteiger partial charge in [-0.25, -0.2) is 0 Å². The van der Waals surface area contributed by atoms with Gasteiger partial charge in [0.05, 0.1) is 0 Å². The number of hydrogen-bond acceptors (Lipinski definition) is 1. The lowest BCUT2D eigenvalue weighted by atomic mass is 10.1. The van der Waals surface area contributed by atoms with Gasteiger partial charge in [-0.3, -0.25) is 0 Å². The molecule has 0 fully saturated rings. The number of aliphatic hydroxyl groups is 1. The van der Waals surface area contributed by atoms with Crippen LogP contribution in [0.5, 0.6) is 0 Å². The predicted molar refractivity (Wildman–Crippen MR) is 38.8 cm³/mol. The number of hydrogen-bond donors (Lipinski definition) is 1. The SMILES string of the molecule is C#CC(C=CC)CCO. The molecule has 0 aliphatic rings. The zero-order valence-electron chi connectivity index (χ0n) is 5.67. The Bertz CT molecular complexity index is 119. The molecular formula is C8H12O. The maximum absolute atomic E-state index is 8.46. The minimum absolute atomic E-state index is 0.111. The van der Waals surface area contributed by atoms with E-state index in [0.717, 1.165) is 0 Å². The second-order valence-electron chi connectivity index (χ2n) is 1.81. The number of allylic oxidation sites excluding steroid dienone is 2. The van der Waals surface area contributed by atoms with Gasteiger partial charge in [0.25, 0.3) is 0 Å². The summed E-state index contributed by atoms with van der Waals surface area (Å²) >= 11 is 0. The minimum Gasteiger partial charge on any atom is -0.396 e. The lowest BCUT2D eigenvalue weighted by Crippen LogP contribution is -1.94. The lowest BCUT2D eigenvalue weighted by Gasteiger charge is -1.98. The molecule has 0 bridgehead atoms. The van der Waals surface area contributed by atoms with E-state index in [1.165, 1.54) is 0 Å². The summed E-state index contributed by atoms with van der Waals surface area (Å²) in [6.07, 6.45) is 9.62. The summed E-state index contributed by atoms with van der Waals surface area (Å²) in [5.41, 5.74) is 0. The van der Waals surface area contributed by atoms with Crippen LogP contribution in [0.4, 0.5) is 0 Å². The van der Waals surface area contributed by atoms with Gasteiger partial charge >= 0.3 is 0 Å². The van der Waals surface area contributed by atoms with Crippen LogP contribution in [-0.4, -0.2) is 11.7 Å². The van der Waals surface area contributed by atoms with Gasteiger partial charge in [0.2, 0.25) is 0 Å². The Morgan fingerprint density at radius 3 is 2.78 bits per heavy atom. The Balaban J connectivity index is 3.58. The molecule has 9 heavy (non-hydrogen) atoms. The smallest absolute Gasteiger partial charge is 0.0445 e. The third-order valence-corrected chi connectivity index (χ3v) is 1.08. The molecule has 0 heterocycles. The maximum atomic E-state index is 8.46. The van der Waals surface area contributed by atoms with Crippen LogP contribution in [0.3, 0.4) is 0 Å². The van der Waals surface area contributed by atoms with Crippen molar-refractivity contribution in [1.82, 2.24) is 0 Å². The van der Waals surface area contributed by atoms with Gasteiger partial charge in [0, 0.05) is 12.5 Å². The van der Waals surface area contributed by atoms with E-state index in [9.17, 15) is 0 Å². The first kappa shape index (κ1) is 8.26. The van der Waals surface area contributed by atoms with Gasteiger partial charge in [0.1, 0.15) is 0 Å². The summed E-state index contributed by atoms with van der Waals surface area (Å²) in [6.45, 7) is 2.08. The molecule has 1 unspecified atom stereocenters. The third kappa shape index (κ3) is 3.81. The lowest BCUT2D eigenvalue weighted by molar-refractivity contribution is 0.280. The highest BCUT2D eigenvalue weighted by Crippen LogP contribution is 2.01. The molecule has 0 amide bonds. The highest BCUT2D eigenvalue weighted by atomic mass is 16.2. The van der Waals surface area contributed by atoms with Crippen molar-refractivity contribution in [2.75, 3.05) is 6.61 Å². The molecule has 0 aliphatic carbocycles. The monoisotopic (exact) mass is 124 g/mol. The normalized spacial score (nSPS) is 13.4. The van der Waals surface area contributed by atoms with E-state index in [-0.39, 0.29) is 12.5 Å². The van der Waals surface area contributed by atoms with Crippen LogP contribution in [-0.2, 0) is 0 Å². The quantitative estimate of drug-likeness (QED) is 0.442. The van der Waals surface area contributed by atoms with Crippen LogP contribution >= 0.6 is 0 Å². The van der Waals surface area contributed by atoms with E-state index in [0.29, 0.717) is 6.42 Å². The maximum Gasteiger partial charge on any atom is 0.0445 e. The van der Waals surface area contributed by atoms with E-state index < -0.39 is 0 Å². The number of rotatable bonds is 3. The zero-order valence-corrected chi connectivity index (χ0v) is 5.67. The average molecular weight is 124 g/mol. The topological polar surface area (TPSA) is 20.2 Å². The molecule has 0 aromatic carbocycles. The van der Waals surface area contributed by atoms with Gasteiger partial charge in [-0.05, 0) is 13.3 Å². The van der Waals surface area contributed by atoms with Crippen LogP contribution in [0.15, 0.2) is 12.2 Å². The number of aliphatic hydroxyl groups excluding tert-OH is 1. The first-order chi connectivity index (χ1) is 4.35. The van der Waals surface area contributed by atoms with E-state index in [2.05, 4.69) is 5.92 Å². The van der Waals surface area contributed by atoms with Crippen LogP contribution in [0.2, 0.25) is 0 Å². The molecule has 0 saturated heterocycles. The second kappa shape index (κ2) is 5.40. The van der Waals surface area contributed by atoms with E-state index >= 15 is 0 Å². The van der Waals surface area contributed by atoms with Gasteiger partial charge in [-0.2, -0.15) is 0 Å². The fraction of sp³-hybridized carbons (Fsp3) is 0.500. The third-order valence-electron chi connectivity index (χ3n) is 1.08. The Morgan fingerprint density at radius 2 is 2.44 bits per heavy atom. The van der Waals surface area contributed by atoms with Crippen molar-refractivity contribution in [3.05, 3.63) is 12.2 Å². The van der Waals surface area contributed by atoms with Gasteiger partial charge in [-0.1, -0.05) is 18.1 Å². The van der Waals surface area contributed by atoms with Crippen LogP contribution in [0, 0.1) is 18.3 Å². The molecule has 1 atom stereocenters. The first-order valence-corrected chi connectivity index (χ1v) is 3.05. The van der Waals surface area contributed by atoms with Crippen molar-refractivity contribution < 1.29 is 5.11 Å². The van der Waals surface area contributed by atoms with E-state index in [1.54, 1.807) is 0 Å². The van der Waals surface area contributed by atoms with Crippen molar-refractivity contribution >= 4 is 0 Å². The van der Waals surface area contributed by atoms with Crippen LogP contribution in [0.1, 0.15) is 13.3 Å². The average Bonchev–Trinajstić information content (AvgIpc) is 1.88. The molecule has 1 N–H and O–H groups in total. The van der Waals surface area contributed by atoms with Gasteiger partial charge in [0.15, 0.2) is 0 Å². The Hall–Kier alpha value is -0.740. The fourth-order valence-electron chi connectivity index (χ4n) is 0.607. The zero-order chi connectivity index (χ0) is 7.11. The highest BCUT2D eigenvalue weighted by molar-refractivity contribution is 5.03. The minimum atomic E-state index is 0.111. The Labute approximate surface area is 56.4 Å². The van der Waals surface area contributed by atoms with Crippen LogP contribution < -0.4 is 0 Å². The summed E-state index contributed by atoms with van der Waals surface area (Å²) in [5, 5.41) is 8.46. The first-order valence-electron chi connectivity index (χ1n) is 3.05. The summed E-state index contributed by atoms with van der Waals surface area (Å²) in [4.78, 5) is 0. The van der Waals surface area contributed by atoms with E-state index in [1.807, 2.05) is 19.1 Å². The molecule has 0 aromatic heterocycles. The Morgan fingerprint density at radius 1 is 1.78 bits per heavy atom. The predicted octanol–water partition coefficient (Wildman–Crippen LogP) is 1.19. The fourth-order valence-corrected chi connectivity index (χ4v) is 0.607. The molecule has 0 aliphatic heterocycles. The van der Waals surface area contributed by atoms with Gasteiger partial charge in [-0.15, -0.1) is 6.42 Å². The number of terminal acetylenes is 1. The summed E-state index contributed by atoms with van der Waals surface area (Å²) in [6, 6.07) is 0. The molecular weight excluding hydrogens is 112 g/mol. The standard InChI is InChI=1S/C8H12O/c1-3-5-8(4-2)6-7-9/h2-3,5,8-9H,6-7H2,1H3. The molecule has 50 valence electrons.